The summed E-state index contributed by atoms with van der Waals surface area (Å²) in [6.07, 6.45) is 4.11. The zero-order chi connectivity index (χ0) is 24.4. The summed E-state index contributed by atoms with van der Waals surface area (Å²) in [5.74, 6) is 0.793. The molecule has 0 saturated heterocycles. The Balaban J connectivity index is 0.00000133. The van der Waals surface area contributed by atoms with E-state index in [4.69, 9.17) is 16.1 Å². The zero-order valence-electron chi connectivity index (χ0n) is 19.7. The highest BCUT2D eigenvalue weighted by atomic mass is 35.5. The van der Waals surface area contributed by atoms with Gasteiger partial charge < -0.3 is 9.42 Å². The highest BCUT2D eigenvalue weighted by Crippen LogP contribution is 2.46. The van der Waals surface area contributed by atoms with Crippen molar-refractivity contribution in [3.63, 3.8) is 0 Å². The fourth-order valence-electron chi connectivity index (χ4n) is 3.62. The minimum atomic E-state index is 0.0345. The fourth-order valence-corrected chi connectivity index (χ4v) is 7.08. The predicted molar refractivity (Wildman–Crippen MR) is 142 cm³/mol. The summed E-state index contributed by atoms with van der Waals surface area (Å²) in [6, 6.07) is 7.77. The lowest BCUT2D eigenvalue weighted by Gasteiger charge is -2.12. The van der Waals surface area contributed by atoms with Gasteiger partial charge in [0.25, 0.3) is 10.6 Å². The second kappa shape index (κ2) is 10.5. The molecule has 5 rings (SSSR count). The first-order chi connectivity index (χ1) is 16.4. The molecule has 3 aromatic heterocycles. The lowest BCUT2D eigenvalue weighted by Crippen LogP contribution is -2.36. The predicted octanol–water partition coefficient (Wildman–Crippen LogP) is 4.44. The van der Waals surface area contributed by atoms with Crippen molar-refractivity contribution in [1.29, 1.82) is 0 Å². The standard InChI is InChI=1S/C22H20ClN4O2S3.C2H6/c1-4-27-19(11-18-26(7-8-30-18)12-15-9-13(2)29-24-15)32-20(21(27)28)22-25(3)16-10-14(23)5-6-17(16)31-22;1-2/h5-11H,4,12H2,1-3H3;1-2H3/q+1;/b22-20+;. The Morgan fingerprint density at radius 1 is 1.26 bits per heavy atom. The Labute approximate surface area is 215 Å². The number of anilines is 1. The van der Waals surface area contributed by atoms with E-state index >= 15 is 0 Å². The third-order valence-corrected chi connectivity index (χ3v) is 8.76. The third-order valence-electron chi connectivity index (χ3n) is 5.18. The smallest absolute Gasteiger partial charge is 0.271 e. The highest BCUT2D eigenvalue weighted by molar-refractivity contribution is 8.08. The molecule has 0 bridgehead atoms. The number of nitrogens with zero attached hydrogens (tertiary/aromatic N) is 4. The number of aryl methyl sites for hydroxylation is 1. The number of thioether (sulfide) groups is 1. The van der Waals surface area contributed by atoms with Gasteiger partial charge in [-0.15, -0.1) is 11.3 Å². The summed E-state index contributed by atoms with van der Waals surface area (Å²) in [5.41, 5.74) is 1.93. The van der Waals surface area contributed by atoms with E-state index in [1.165, 1.54) is 11.3 Å². The van der Waals surface area contributed by atoms with Crippen LogP contribution in [0.2, 0.25) is 5.02 Å². The SMILES string of the molecule is CC.CCn1c(=O)/c(=C2\Sc3ccc(Cl)cc3N2C)s/c1=C\c1scc[n+]1Cc1cc(C)on1. The molecule has 0 radical (unpaired) electrons. The Morgan fingerprint density at radius 2 is 2.06 bits per heavy atom. The molecule has 10 heteroatoms. The van der Waals surface area contributed by atoms with Crippen LogP contribution in [0.3, 0.4) is 0 Å². The van der Waals surface area contributed by atoms with E-state index in [2.05, 4.69) is 20.7 Å². The van der Waals surface area contributed by atoms with E-state index in [9.17, 15) is 4.79 Å². The Hall–Kier alpha value is -2.33. The van der Waals surface area contributed by atoms with Gasteiger partial charge in [0, 0.05) is 29.6 Å². The third kappa shape index (κ3) is 4.75. The molecular formula is C24H26ClN4O2S3+. The van der Waals surface area contributed by atoms with Crippen LogP contribution in [0.1, 0.15) is 37.2 Å². The van der Waals surface area contributed by atoms with Crippen LogP contribution in [0.5, 0.6) is 0 Å². The second-order valence-electron chi connectivity index (χ2n) is 7.34. The average Bonchev–Trinajstić information content (AvgIpc) is 3.59. The molecule has 0 aliphatic carbocycles. The van der Waals surface area contributed by atoms with E-state index in [-0.39, 0.29) is 5.56 Å². The average molecular weight is 534 g/mol. The molecule has 4 aromatic rings. The Bertz CT molecular complexity index is 1500. The molecule has 178 valence electrons. The van der Waals surface area contributed by atoms with Crippen molar-refractivity contribution in [2.45, 2.75) is 45.7 Å². The Kier molecular flexibility index (Phi) is 7.67. The van der Waals surface area contributed by atoms with Crippen LogP contribution in [-0.2, 0) is 13.1 Å². The van der Waals surface area contributed by atoms with Gasteiger partial charge in [-0.1, -0.05) is 53.7 Å². The van der Waals surface area contributed by atoms with Crippen molar-refractivity contribution in [2.24, 2.45) is 0 Å². The summed E-state index contributed by atoms with van der Waals surface area (Å²) >= 11 is 11.0. The van der Waals surface area contributed by atoms with Gasteiger partial charge in [-0.05, 0) is 32.0 Å². The number of benzene rings is 1. The number of halogens is 1. The van der Waals surface area contributed by atoms with Crippen LogP contribution in [0, 0.1) is 6.92 Å². The molecule has 0 atom stereocenters. The summed E-state index contributed by atoms with van der Waals surface area (Å²) < 4.78 is 10.8. The van der Waals surface area contributed by atoms with Crippen LogP contribution in [0.4, 0.5) is 5.69 Å². The molecule has 0 saturated carbocycles. The van der Waals surface area contributed by atoms with Gasteiger partial charge in [0.1, 0.15) is 25.7 Å². The maximum atomic E-state index is 13.3. The van der Waals surface area contributed by atoms with Gasteiger partial charge in [-0.2, -0.15) is 4.57 Å². The maximum absolute atomic E-state index is 13.3. The normalized spacial score (nSPS) is 14.9. The first-order valence-corrected chi connectivity index (χ1v) is 13.9. The number of thiazole rings is 2. The molecule has 0 fully saturated rings. The summed E-state index contributed by atoms with van der Waals surface area (Å²) in [4.78, 5) is 16.5. The summed E-state index contributed by atoms with van der Waals surface area (Å²) in [5, 5.41) is 8.82. The van der Waals surface area contributed by atoms with Crippen LogP contribution in [0.25, 0.3) is 11.1 Å². The van der Waals surface area contributed by atoms with Crippen LogP contribution < -0.4 is 24.2 Å². The van der Waals surface area contributed by atoms with E-state index in [0.717, 1.165) is 41.3 Å². The van der Waals surface area contributed by atoms with Crippen molar-refractivity contribution in [3.05, 3.63) is 76.9 Å². The zero-order valence-corrected chi connectivity index (χ0v) is 22.9. The van der Waals surface area contributed by atoms with Gasteiger partial charge in [0.2, 0.25) is 0 Å². The van der Waals surface area contributed by atoms with E-state index in [1.807, 2.05) is 75.2 Å². The minimum Gasteiger partial charge on any atom is -0.361 e. The largest absolute Gasteiger partial charge is 0.361 e. The maximum Gasteiger partial charge on any atom is 0.271 e. The lowest BCUT2D eigenvalue weighted by molar-refractivity contribution is -0.685. The number of hydrogen-bond acceptors (Lipinski definition) is 7. The van der Waals surface area contributed by atoms with E-state index in [0.29, 0.717) is 18.1 Å². The molecule has 1 aromatic carbocycles. The van der Waals surface area contributed by atoms with Crippen molar-refractivity contribution in [1.82, 2.24) is 9.72 Å². The van der Waals surface area contributed by atoms with Crippen LogP contribution in [-0.4, -0.2) is 16.8 Å². The van der Waals surface area contributed by atoms with E-state index < -0.39 is 0 Å². The van der Waals surface area contributed by atoms with Crippen molar-refractivity contribution >= 4 is 62.8 Å². The van der Waals surface area contributed by atoms with Gasteiger partial charge in [0.15, 0.2) is 12.7 Å². The van der Waals surface area contributed by atoms with Gasteiger partial charge in [0.05, 0.1) is 17.1 Å². The number of rotatable bonds is 4. The molecule has 0 unspecified atom stereocenters. The number of aromatic nitrogens is 3. The Morgan fingerprint density at radius 3 is 2.76 bits per heavy atom. The van der Waals surface area contributed by atoms with Gasteiger partial charge in [-0.3, -0.25) is 9.36 Å². The molecule has 4 heterocycles. The van der Waals surface area contributed by atoms with Crippen LogP contribution in [0.15, 0.2) is 50.1 Å². The second-order valence-corrected chi connectivity index (χ2v) is 10.8. The molecule has 1 aliphatic rings. The first kappa shape index (κ1) is 24.8. The minimum absolute atomic E-state index is 0.0345. The fraction of sp³-hybridized carbons (Fsp3) is 0.292. The molecule has 0 spiro atoms. The lowest BCUT2D eigenvalue weighted by atomic mass is 10.3. The van der Waals surface area contributed by atoms with Crippen molar-refractivity contribution < 1.29 is 9.09 Å². The molecular weight excluding hydrogens is 508 g/mol. The molecule has 34 heavy (non-hydrogen) atoms. The number of fused-ring (bicyclic) bond motifs is 1. The topological polar surface area (TPSA) is 55.2 Å². The molecule has 6 nitrogen and oxygen atoms in total. The van der Waals surface area contributed by atoms with Crippen molar-refractivity contribution in [2.75, 3.05) is 11.9 Å². The number of hydrogen-bond donors (Lipinski definition) is 0. The summed E-state index contributed by atoms with van der Waals surface area (Å²) in [6.45, 7) is 9.11. The highest BCUT2D eigenvalue weighted by Gasteiger charge is 2.25. The quantitative estimate of drug-likeness (QED) is 0.363. The molecule has 1 aliphatic heterocycles. The first-order valence-electron chi connectivity index (χ1n) is 11.0. The monoisotopic (exact) mass is 533 g/mol. The van der Waals surface area contributed by atoms with E-state index in [1.54, 1.807) is 23.1 Å². The van der Waals surface area contributed by atoms with Crippen LogP contribution >= 0.6 is 46.0 Å². The van der Waals surface area contributed by atoms with Gasteiger partial charge >= 0.3 is 0 Å². The van der Waals surface area contributed by atoms with Gasteiger partial charge in [-0.25, -0.2) is 0 Å². The molecule has 0 amide bonds. The summed E-state index contributed by atoms with van der Waals surface area (Å²) in [7, 11) is 1.98. The van der Waals surface area contributed by atoms with Crippen molar-refractivity contribution in [3.8, 4) is 0 Å². The molecule has 0 N–H and O–H groups in total.